The van der Waals surface area contributed by atoms with Crippen molar-refractivity contribution in [3.05, 3.63) is 41.0 Å². The summed E-state index contributed by atoms with van der Waals surface area (Å²) < 4.78 is 1.97. The molecule has 3 nitrogen and oxygen atoms in total. The van der Waals surface area contributed by atoms with Crippen LogP contribution < -0.4 is 0 Å². The first-order valence-electron chi connectivity index (χ1n) is 5.70. The molecule has 3 rings (SSSR count). The van der Waals surface area contributed by atoms with E-state index in [4.69, 9.17) is 0 Å². The quantitative estimate of drug-likeness (QED) is 0.691. The third-order valence-corrected chi connectivity index (χ3v) is 3.82. The number of hydrogen-bond donors (Lipinski definition) is 0. The van der Waals surface area contributed by atoms with Crippen molar-refractivity contribution in [3.8, 4) is 11.3 Å². The van der Waals surface area contributed by atoms with Crippen LogP contribution >= 0.6 is 11.3 Å². The fourth-order valence-corrected chi connectivity index (χ4v) is 2.84. The van der Waals surface area contributed by atoms with E-state index in [1.54, 1.807) is 11.3 Å². The van der Waals surface area contributed by atoms with Crippen molar-refractivity contribution in [1.29, 1.82) is 0 Å². The van der Waals surface area contributed by atoms with E-state index < -0.39 is 0 Å². The van der Waals surface area contributed by atoms with Crippen LogP contribution in [-0.2, 0) is 6.42 Å². The Labute approximate surface area is 104 Å². The zero-order valence-electron chi connectivity index (χ0n) is 9.84. The molecule has 0 amide bonds. The summed E-state index contributed by atoms with van der Waals surface area (Å²) in [6.45, 7) is 4.16. The van der Waals surface area contributed by atoms with Gasteiger partial charge in [-0.05, 0) is 13.3 Å². The van der Waals surface area contributed by atoms with Crippen LogP contribution in [0.25, 0.3) is 16.2 Å². The van der Waals surface area contributed by atoms with Crippen molar-refractivity contribution in [2.24, 2.45) is 0 Å². The van der Waals surface area contributed by atoms with Gasteiger partial charge in [0, 0.05) is 5.56 Å². The fraction of sp³-hybridized carbons (Fsp3) is 0.231. The fourth-order valence-electron chi connectivity index (χ4n) is 1.96. The summed E-state index contributed by atoms with van der Waals surface area (Å²) in [5.41, 5.74) is 3.32. The molecule has 0 fully saturated rings. The highest BCUT2D eigenvalue weighted by Crippen LogP contribution is 2.27. The van der Waals surface area contributed by atoms with Gasteiger partial charge < -0.3 is 0 Å². The van der Waals surface area contributed by atoms with Crippen LogP contribution in [0.5, 0.6) is 0 Å². The van der Waals surface area contributed by atoms with Crippen LogP contribution in [0.3, 0.4) is 0 Å². The maximum atomic E-state index is 4.60. The van der Waals surface area contributed by atoms with Crippen LogP contribution in [0.2, 0.25) is 0 Å². The molecule has 0 spiro atoms. The minimum atomic E-state index is 0.960. The maximum absolute atomic E-state index is 4.60. The van der Waals surface area contributed by atoms with E-state index in [2.05, 4.69) is 29.1 Å². The van der Waals surface area contributed by atoms with Crippen LogP contribution in [0.4, 0.5) is 0 Å². The predicted molar refractivity (Wildman–Crippen MR) is 70.4 cm³/mol. The van der Waals surface area contributed by atoms with E-state index >= 15 is 0 Å². The third-order valence-electron chi connectivity index (χ3n) is 2.77. The normalized spacial score (nSPS) is 11.2. The first-order valence-corrected chi connectivity index (χ1v) is 6.51. The van der Waals surface area contributed by atoms with Gasteiger partial charge in [0.15, 0.2) is 0 Å². The number of benzene rings is 1. The second kappa shape index (κ2) is 3.96. The SMILES string of the molecule is CCc1nn2c(-c3ccccc3)c(C)nc2s1. The molecule has 4 heteroatoms. The summed E-state index contributed by atoms with van der Waals surface area (Å²) in [4.78, 5) is 5.56. The van der Waals surface area contributed by atoms with Crippen molar-refractivity contribution >= 4 is 16.3 Å². The van der Waals surface area contributed by atoms with Crippen molar-refractivity contribution in [3.63, 3.8) is 0 Å². The van der Waals surface area contributed by atoms with Gasteiger partial charge in [-0.25, -0.2) is 9.50 Å². The average molecular weight is 243 g/mol. The molecule has 2 heterocycles. The van der Waals surface area contributed by atoms with E-state index in [0.717, 1.165) is 27.8 Å². The first-order chi connectivity index (χ1) is 8.29. The lowest BCUT2D eigenvalue weighted by Gasteiger charge is -1.99. The Bertz CT molecular complexity index is 652. The Kier molecular flexibility index (Phi) is 2.44. The zero-order valence-corrected chi connectivity index (χ0v) is 10.7. The van der Waals surface area contributed by atoms with E-state index in [0.29, 0.717) is 0 Å². The lowest BCUT2D eigenvalue weighted by molar-refractivity contribution is 0.914. The number of nitrogens with zero attached hydrogens (tertiary/aromatic N) is 3. The molecule has 0 saturated heterocycles. The highest BCUT2D eigenvalue weighted by molar-refractivity contribution is 7.16. The summed E-state index contributed by atoms with van der Waals surface area (Å²) >= 11 is 1.67. The van der Waals surface area contributed by atoms with Crippen molar-refractivity contribution < 1.29 is 0 Å². The van der Waals surface area contributed by atoms with Crippen molar-refractivity contribution in [2.45, 2.75) is 20.3 Å². The predicted octanol–water partition coefficient (Wildman–Crippen LogP) is 3.33. The van der Waals surface area contributed by atoms with Crippen LogP contribution in [0, 0.1) is 6.92 Å². The summed E-state index contributed by atoms with van der Waals surface area (Å²) in [6, 6.07) is 10.3. The highest BCUT2D eigenvalue weighted by Gasteiger charge is 2.14. The molecule has 0 aliphatic carbocycles. The molecule has 2 aromatic heterocycles. The molecule has 17 heavy (non-hydrogen) atoms. The summed E-state index contributed by atoms with van der Waals surface area (Å²) in [5, 5.41) is 5.73. The molecule has 1 aromatic carbocycles. The Morgan fingerprint density at radius 3 is 2.71 bits per heavy atom. The van der Waals surface area contributed by atoms with Gasteiger partial charge in [-0.3, -0.25) is 0 Å². The second-order valence-corrected chi connectivity index (χ2v) is 5.00. The number of hydrogen-bond acceptors (Lipinski definition) is 3. The monoisotopic (exact) mass is 243 g/mol. The van der Waals surface area contributed by atoms with Gasteiger partial charge in [-0.15, -0.1) is 0 Å². The standard InChI is InChI=1S/C13H13N3S/c1-3-11-15-16-12(9(2)14-13(16)17-11)10-7-5-4-6-8-10/h4-8H,3H2,1-2H3. The highest BCUT2D eigenvalue weighted by atomic mass is 32.1. The molecule has 0 aliphatic rings. The van der Waals surface area contributed by atoms with Crippen molar-refractivity contribution in [2.75, 3.05) is 0 Å². The summed E-state index contributed by atoms with van der Waals surface area (Å²) in [7, 11) is 0. The number of aromatic nitrogens is 3. The molecule has 0 N–H and O–H groups in total. The van der Waals surface area contributed by atoms with Gasteiger partial charge in [0.05, 0.1) is 11.4 Å². The molecule has 86 valence electrons. The van der Waals surface area contributed by atoms with Gasteiger partial charge in [-0.2, -0.15) is 5.10 Å². The lowest BCUT2D eigenvalue weighted by Crippen LogP contribution is -1.91. The van der Waals surface area contributed by atoms with Crippen LogP contribution in [0.15, 0.2) is 30.3 Å². The molecular formula is C13H13N3S. The van der Waals surface area contributed by atoms with E-state index in [1.165, 1.54) is 5.56 Å². The van der Waals surface area contributed by atoms with Crippen LogP contribution in [0.1, 0.15) is 17.6 Å². The van der Waals surface area contributed by atoms with Crippen LogP contribution in [-0.4, -0.2) is 14.6 Å². The largest absolute Gasteiger partial charge is 0.222 e. The number of aryl methyl sites for hydroxylation is 2. The average Bonchev–Trinajstić information content (AvgIpc) is 2.86. The minimum Gasteiger partial charge on any atom is -0.222 e. The molecule has 0 bridgehead atoms. The van der Waals surface area contributed by atoms with Gasteiger partial charge in [0.2, 0.25) is 4.96 Å². The smallest absolute Gasteiger partial charge is 0.212 e. The van der Waals surface area contributed by atoms with E-state index in [9.17, 15) is 0 Å². The Morgan fingerprint density at radius 2 is 2.00 bits per heavy atom. The molecule has 0 aliphatic heterocycles. The molecule has 0 atom stereocenters. The van der Waals surface area contributed by atoms with E-state index in [1.807, 2.05) is 29.6 Å². The zero-order chi connectivity index (χ0) is 11.8. The van der Waals surface area contributed by atoms with Crippen molar-refractivity contribution in [1.82, 2.24) is 14.6 Å². The Balaban J connectivity index is 2.27. The third kappa shape index (κ3) is 1.65. The maximum Gasteiger partial charge on any atom is 0.212 e. The second-order valence-electron chi connectivity index (χ2n) is 3.96. The lowest BCUT2D eigenvalue weighted by atomic mass is 10.1. The van der Waals surface area contributed by atoms with Gasteiger partial charge >= 0.3 is 0 Å². The summed E-state index contributed by atoms with van der Waals surface area (Å²) in [6.07, 6.45) is 0.960. The first kappa shape index (κ1) is 10.5. The Morgan fingerprint density at radius 1 is 1.24 bits per heavy atom. The van der Waals surface area contributed by atoms with Gasteiger partial charge in [-0.1, -0.05) is 48.6 Å². The molecule has 0 unspecified atom stereocenters. The minimum absolute atomic E-state index is 0.960. The van der Waals surface area contributed by atoms with Gasteiger partial charge in [0.25, 0.3) is 0 Å². The summed E-state index contributed by atoms with van der Waals surface area (Å²) in [5.74, 6) is 0. The number of imidazole rings is 1. The molecule has 0 radical (unpaired) electrons. The number of fused-ring (bicyclic) bond motifs is 1. The van der Waals surface area contributed by atoms with Gasteiger partial charge in [0.1, 0.15) is 5.01 Å². The topological polar surface area (TPSA) is 30.2 Å². The number of rotatable bonds is 2. The van der Waals surface area contributed by atoms with E-state index in [-0.39, 0.29) is 0 Å². The molecule has 3 aromatic rings. The molecular weight excluding hydrogens is 230 g/mol. The molecule has 0 saturated carbocycles. The Hall–Kier alpha value is -1.68.